The lowest BCUT2D eigenvalue weighted by Gasteiger charge is -2.19. The number of nitrogens with one attached hydrogen (secondary N) is 1. The first-order chi connectivity index (χ1) is 9.04. The van der Waals surface area contributed by atoms with Crippen LogP contribution in [-0.4, -0.2) is 0 Å². The highest BCUT2D eigenvalue weighted by molar-refractivity contribution is 9.10. The lowest BCUT2D eigenvalue weighted by Crippen LogP contribution is -2.29. The van der Waals surface area contributed by atoms with Crippen molar-refractivity contribution in [3.05, 3.63) is 67.3 Å². The zero-order valence-corrected chi connectivity index (χ0v) is 13.6. The van der Waals surface area contributed by atoms with E-state index < -0.39 is 6.04 Å². The fourth-order valence-electron chi connectivity index (χ4n) is 1.83. The second-order valence-corrected chi connectivity index (χ2v) is 6.05. The molecule has 3 N–H and O–H groups in total. The van der Waals surface area contributed by atoms with Crippen LogP contribution >= 0.6 is 43.5 Å². The average molecular weight is 408 g/mol. The maximum Gasteiger partial charge on any atom is 0.142 e. The summed E-state index contributed by atoms with van der Waals surface area (Å²) in [5.41, 5.74) is 3.90. The molecule has 6 heteroatoms. The fraction of sp³-hybridized carbons (Fsp3) is 0.0769. The minimum Gasteiger partial charge on any atom is -0.271 e. The van der Waals surface area contributed by atoms with Gasteiger partial charge in [-0.3, -0.25) is 5.84 Å². The highest BCUT2D eigenvalue weighted by atomic mass is 79.9. The zero-order valence-electron chi connectivity index (χ0n) is 9.63. The normalized spacial score (nSPS) is 12.5. The summed E-state index contributed by atoms with van der Waals surface area (Å²) in [6.45, 7) is 0. The molecule has 100 valence electrons. The third kappa shape index (κ3) is 3.17. The summed E-state index contributed by atoms with van der Waals surface area (Å²) in [5, 5.41) is 0.598. The summed E-state index contributed by atoms with van der Waals surface area (Å²) in [6.07, 6.45) is 0. The van der Waals surface area contributed by atoms with Crippen LogP contribution in [0, 0.1) is 5.82 Å². The topological polar surface area (TPSA) is 38.0 Å². The third-order valence-corrected chi connectivity index (χ3v) is 4.27. The van der Waals surface area contributed by atoms with Gasteiger partial charge in [-0.25, -0.2) is 9.82 Å². The number of benzene rings is 2. The highest BCUT2D eigenvalue weighted by Crippen LogP contribution is 2.33. The van der Waals surface area contributed by atoms with Gasteiger partial charge in [0.15, 0.2) is 0 Å². The maximum absolute atomic E-state index is 14.2. The molecule has 2 nitrogen and oxygen atoms in total. The third-order valence-electron chi connectivity index (χ3n) is 2.73. The molecule has 0 bridgehead atoms. The Labute approximate surface area is 132 Å². The quantitative estimate of drug-likeness (QED) is 0.577. The van der Waals surface area contributed by atoms with Crippen LogP contribution in [-0.2, 0) is 0 Å². The van der Waals surface area contributed by atoms with Crippen molar-refractivity contribution in [2.75, 3.05) is 0 Å². The number of rotatable bonds is 3. The second-order valence-electron chi connectivity index (χ2n) is 3.91. The molecule has 2 aromatic rings. The molecule has 2 rings (SSSR count). The molecule has 2 aromatic carbocycles. The molecule has 0 aromatic heterocycles. The molecule has 0 aliphatic rings. The SMILES string of the molecule is NNC(c1ccc(Cl)cc1Br)c1cccc(Br)c1F. The average Bonchev–Trinajstić information content (AvgIpc) is 2.37. The summed E-state index contributed by atoms with van der Waals surface area (Å²) in [5.74, 6) is 5.24. The van der Waals surface area contributed by atoms with Crippen LogP contribution < -0.4 is 11.3 Å². The van der Waals surface area contributed by atoms with Gasteiger partial charge in [0.05, 0.1) is 10.5 Å². The Hall–Kier alpha value is -0.460. The molecule has 1 atom stereocenters. The van der Waals surface area contributed by atoms with Crippen LogP contribution in [0.3, 0.4) is 0 Å². The minimum absolute atomic E-state index is 0.340. The molecule has 0 spiro atoms. The second kappa shape index (κ2) is 6.33. The number of hydrogen-bond acceptors (Lipinski definition) is 2. The monoisotopic (exact) mass is 406 g/mol. The van der Waals surface area contributed by atoms with E-state index in [1.807, 2.05) is 0 Å². The van der Waals surface area contributed by atoms with E-state index >= 15 is 0 Å². The van der Waals surface area contributed by atoms with Gasteiger partial charge < -0.3 is 0 Å². The Bertz CT molecular complexity index is 607. The molecule has 0 radical (unpaired) electrons. The van der Waals surface area contributed by atoms with Crippen molar-refractivity contribution in [3.63, 3.8) is 0 Å². The minimum atomic E-state index is -0.468. The van der Waals surface area contributed by atoms with E-state index in [0.717, 1.165) is 10.0 Å². The predicted molar refractivity (Wildman–Crippen MR) is 82.4 cm³/mol. The van der Waals surface area contributed by atoms with Crippen molar-refractivity contribution in [1.29, 1.82) is 0 Å². The summed E-state index contributed by atoms with van der Waals surface area (Å²) in [4.78, 5) is 0. The van der Waals surface area contributed by atoms with Gasteiger partial charge in [0.25, 0.3) is 0 Å². The van der Waals surface area contributed by atoms with Crippen molar-refractivity contribution in [1.82, 2.24) is 5.43 Å². The van der Waals surface area contributed by atoms with Crippen molar-refractivity contribution >= 4 is 43.5 Å². The molecular formula is C13H10Br2ClFN2. The van der Waals surface area contributed by atoms with Gasteiger partial charge in [0, 0.05) is 15.1 Å². The zero-order chi connectivity index (χ0) is 14.0. The van der Waals surface area contributed by atoms with E-state index in [1.165, 1.54) is 0 Å². The van der Waals surface area contributed by atoms with Gasteiger partial charge in [-0.1, -0.05) is 45.7 Å². The van der Waals surface area contributed by atoms with Crippen molar-refractivity contribution in [2.45, 2.75) is 6.04 Å². The Morgan fingerprint density at radius 1 is 1.11 bits per heavy atom. The predicted octanol–water partition coefficient (Wildman–Crippen LogP) is 4.56. The fourth-order valence-corrected chi connectivity index (χ4v) is 3.12. The van der Waals surface area contributed by atoms with Crippen molar-refractivity contribution in [3.8, 4) is 0 Å². The first-order valence-electron chi connectivity index (χ1n) is 5.39. The first kappa shape index (κ1) is 14.9. The van der Waals surface area contributed by atoms with Gasteiger partial charge in [-0.05, 0) is 39.7 Å². The van der Waals surface area contributed by atoms with Gasteiger partial charge >= 0.3 is 0 Å². The van der Waals surface area contributed by atoms with Gasteiger partial charge in [0.2, 0.25) is 0 Å². The van der Waals surface area contributed by atoms with E-state index in [1.54, 1.807) is 36.4 Å². The molecule has 0 heterocycles. The van der Waals surface area contributed by atoms with Crippen molar-refractivity contribution in [2.24, 2.45) is 5.84 Å². The van der Waals surface area contributed by atoms with E-state index in [-0.39, 0.29) is 5.82 Å². The molecule has 0 aliphatic heterocycles. The summed E-state index contributed by atoms with van der Waals surface area (Å²) in [7, 11) is 0. The molecule has 0 saturated heterocycles. The van der Waals surface area contributed by atoms with Crippen molar-refractivity contribution < 1.29 is 4.39 Å². The van der Waals surface area contributed by atoms with Crippen LogP contribution in [0.5, 0.6) is 0 Å². The lowest BCUT2D eigenvalue weighted by molar-refractivity contribution is 0.555. The molecule has 1 unspecified atom stereocenters. The molecule has 19 heavy (non-hydrogen) atoms. The Morgan fingerprint density at radius 2 is 1.84 bits per heavy atom. The van der Waals surface area contributed by atoms with E-state index in [9.17, 15) is 4.39 Å². The van der Waals surface area contributed by atoms with Gasteiger partial charge in [-0.2, -0.15) is 0 Å². The molecule has 0 amide bonds. The Balaban J connectivity index is 2.53. The van der Waals surface area contributed by atoms with Gasteiger partial charge in [0.1, 0.15) is 5.82 Å². The lowest BCUT2D eigenvalue weighted by atomic mass is 9.99. The molecular weight excluding hydrogens is 398 g/mol. The van der Waals surface area contributed by atoms with Crippen LogP contribution in [0.1, 0.15) is 17.2 Å². The standard InChI is InChI=1S/C13H10Br2ClFN2/c14-10-3-1-2-9(12(10)17)13(19-18)8-5-4-7(16)6-11(8)15/h1-6,13,19H,18H2. The number of nitrogens with two attached hydrogens (primary N) is 1. The van der Waals surface area contributed by atoms with E-state index in [0.29, 0.717) is 15.1 Å². The van der Waals surface area contributed by atoms with Crippen LogP contribution in [0.4, 0.5) is 4.39 Å². The highest BCUT2D eigenvalue weighted by Gasteiger charge is 2.20. The Kier molecular flexibility index (Phi) is 4.97. The number of hydrazine groups is 1. The number of halogens is 4. The molecule has 0 fully saturated rings. The summed E-state index contributed by atoms with van der Waals surface area (Å²) < 4.78 is 15.3. The van der Waals surface area contributed by atoms with Crippen LogP contribution in [0.2, 0.25) is 5.02 Å². The molecule has 0 saturated carbocycles. The summed E-state index contributed by atoms with van der Waals surface area (Å²) in [6, 6.07) is 9.91. The van der Waals surface area contributed by atoms with E-state index in [4.69, 9.17) is 17.4 Å². The van der Waals surface area contributed by atoms with E-state index in [2.05, 4.69) is 37.3 Å². The Morgan fingerprint density at radius 3 is 2.47 bits per heavy atom. The van der Waals surface area contributed by atoms with Crippen LogP contribution in [0.15, 0.2) is 45.3 Å². The first-order valence-corrected chi connectivity index (χ1v) is 7.36. The molecule has 0 aliphatic carbocycles. The smallest absolute Gasteiger partial charge is 0.142 e. The van der Waals surface area contributed by atoms with Gasteiger partial charge in [-0.15, -0.1) is 0 Å². The maximum atomic E-state index is 14.2. The van der Waals surface area contributed by atoms with Crippen LogP contribution in [0.25, 0.3) is 0 Å². The number of hydrogen-bond donors (Lipinski definition) is 2. The largest absolute Gasteiger partial charge is 0.271 e. The summed E-state index contributed by atoms with van der Waals surface area (Å²) >= 11 is 12.5.